The number of furan rings is 1. The number of nitrogens with zero attached hydrogens (tertiary/aromatic N) is 1. The fraction of sp³-hybridized carbons (Fsp3) is 0.714. The first-order valence-electron chi connectivity index (χ1n) is 6.75. The molecule has 96 valence electrons. The smallest absolute Gasteiger partial charge is 0.122 e. The molecular weight excluding hydrogens is 212 g/mol. The standard InChI is InChI=1S/C14H24N2O/c1-3-12-4-7-16(8-5-12)11-13-6-9-17-14(13)10-15-2/h6,9,12,15H,3-5,7-8,10-11H2,1-2H3. The summed E-state index contributed by atoms with van der Waals surface area (Å²) in [6.07, 6.45) is 5.86. The summed E-state index contributed by atoms with van der Waals surface area (Å²) in [5, 5.41) is 3.15. The molecule has 0 bridgehead atoms. The number of nitrogens with one attached hydrogen (secondary N) is 1. The van der Waals surface area contributed by atoms with E-state index in [0.29, 0.717) is 0 Å². The Morgan fingerprint density at radius 2 is 2.18 bits per heavy atom. The van der Waals surface area contributed by atoms with Crippen molar-refractivity contribution in [1.29, 1.82) is 0 Å². The first-order valence-corrected chi connectivity index (χ1v) is 6.75. The SMILES string of the molecule is CCC1CCN(Cc2ccoc2CNC)CC1. The van der Waals surface area contributed by atoms with E-state index in [2.05, 4.69) is 23.2 Å². The van der Waals surface area contributed by atoms with Crippen molar-refractivity contribution in [2.75, 3.05) is 20.1 Å². The van der Waals surface area contributed by atoms with E-state index < -0.39 is 0 Å². The third-order valence-corrected chi connectivity index (χ3v) is 3.85. The minimum Gasteiger partial charge on any atom is -0.468 e. The molecule has 2 rings (SSSR count). The Morgan fingerprint density at radius 3 is 2.82 bits per heavy atom. The Balaban J connectivity index is 1.86. The lowest BCUT2D eigenvalue weighted by Gasteiger charge is -2.31. The molecule has 1 N–H and O–H groups in total. The van der Waals surface area contributed by atoms with Gasteiger partial charge in [0.1, 0.15) is 5.76 Å². The van der Waals surface area contributed by atoms with Gasteiger partial charge in [-0.15, -0.1) is 0 Å². The molecule has 1 aromatic heterocycles. The van der Waals surface area contributed by atoms with Gasteiger partial charge in [-0.25, -0.2) is 0 Å². The lowest BCUT2D eigenvalue weighted by atomic mass is 9.94. The number of likely N-dealkylation sites (tertiary alicyclic amines) is 1. The van der Waals surface area contributed by atoms with E-state index in [-0.39, 0.29) is 0 Å². The van der Waals surface area contributed by atoms with E-state index in [4.69, 9.17) is 4.42 Å². The second-order valence-corrected chi connectivity index (χ2v) is 5.03. The van der Waals surface area contributed by atoms with E-state index in [1.54, 1.807) is 6.26 Å². The highest BCUT2D eigenvalue weighted by Gasteiger charge is 2.19. The summed E-state index contributed by atoms with van der Waals surface area (Å²) in [5.74, 6) is 2.04. The number of rotatable bonds is 5. The van der Waals surface area contributed by atoms with Gasteiger partial charge >= 0.3 is 0 Å². The molecule has 1 saturated heterocycles. The molecule has 1 fully saturated rings. The minimum atomic E-state index is 0.827. The van der Waals surface area contributed by atoms with Crippen molar-refractivity contribution in [3.05, 3.63) is 23.7 Å². The quantitative estimate of drug-likeness (QED) is 0.852. The largest absolute Gasteiger partial charge is 0.468 e. The van der Waals surface area contributed by atoms with Gasteiger partial charge in [0.15, 0.2) is 0 Å². The molecular formula is C14H24N2O. The van der Waals surface area contributed by atoms with Gasteiger partial charge in [-0.2, -0.15) is 0 Å². The Labute approximate surface area is 104 Å². The van der Waals surface area contributed by atoms with Crippen LogP contribution in [0.4, 0.5) is 0 Å². The first-order chi connectivity index (χ1) is 8.33. The Kier molecular flexibility index (Phi) is 4.63. The van der Waals surface area contributed by atoms with E-state index in [9.17, 15) is 0 Å². The van der Waals surface area contributed by atoms with Gasteiger partial charge in [0.05, 0.1) is 12.8 Å². The van der Waals surface area contributed by atoms with Crippen LogP contribution in [0.3, 0.4) is 0 Å². The van der Waals surface area contributed by atoms with Crippen LogP contribution in [0, 0.1) is 5.92 Å². The van der Waals surface area contributed by atoms with Crippen LogP contribution in [0.15, 0.2) is 16.7 Å². The molecule has 0 spiro atoms. The zero-order valence-electron chi connectivity index (χ0n) is 11.0. The Morgan fingerprint density at radius 1 is 1.41 bits per heavy atom. The highest BCUT2D eigenvalue weighted by Crippen LogP contribution is 2.22. The summed E-state index contributed by atoms with van der Waals surface area (Å²) in [4.78, 5) is 2.55. The summed E-state index contributed by atoms with van der Waals surface area (Å²) < 4.78 is 5.50. The molecule has 2 heterocycles. The van der Waals surface area contributed by atoms with Crippen LogP contribution in [-0.2, 0) is 13.1 Å². The summed E-state index contributed by atoms with van der Waals surface area (Å²) >= 11 is 0. The van der Waals surface area contributed by atoms with Crippen LogP contribution in [0.25, 0.3) is 0 Å². The molecule has 0 aliphatic carbocycles. The molecule has 0 atom stereocenters. The van der Waals surface area contributed by atoms with Gasteiger partial charge in [-0.05, 0) is 45.0 Å². The van der Waals surface area contributed by atoms with Gasteiger partial charge in [0.2, 0.25) is 0 Å². The maximum absolute atomic E-state index is 5.50. The summed E-state index contributed by atoms with van der Waals surface area (Å²) in [7, 11) is 1.96. The lowest BCUT2D eigenvalue weighted by molar-refractivity contribution is 0.174. The second kappa shape index (κ2) is 6.22. The average molecular weight is 236 g/mol. The fourth-order valence-electron chi connectivity index (χ4n) is 2.62. The normalized spacial score (nSPS) is 18.7. The summed E-state index contributed by atoms with van der Waals surface area (Å²) in [6, 6.07) is 2.11. The zero-order valence-corrected chi connectivity index (χ0v) is 11.0. The summed E-state index contributed by atoms with van der Waals surface area (Å²) in [5.41, 5.74) is 1.34. The monoisotopic (exact) mass is 236 g/mol. The van der Waals surface area contributed by atoms with Crippen molar-refractivity contribution in [3.8, 4) is 0 Å². The third-order valence-electron chi connectivity index (χ3n) is 3.85. The van der Waals surface area contributed by atoms with Crippen LogP contribution in [0.2, 0.25) is 0 Å². The van der Waals surface area contributed by atoms with Crippen molar-refractivity contribution >= 4 is 0 Å². The molecule has 3 nitrogen and oxygen atoms in total. The Bertz CT molecular complexity index is 327. The zero-order chi connectivity index (χ0) is 12.1. The van der Waals surface area contributed by atoms with Gasteiger partial charge in [0, 0.05) is 12.1 Å². The van der Waals surface area contributed by atoms with E-state index in [1.165, 1.54) is 37.9 Å². The predicted molar refractivity (Wildman–Crippen MR) is 69.8 cm³/mol. The first kappa shape index (κ1) is 12.7. The van der Waals surface area contributed by atoms with E-state index in [1.807, 2.05) is 7.05 Å². The van der Waals surface area contributed by atoms with Crippen molar-refractivity contribution in [1.82, 2.24) is 10.2 Å². The molecule has 0 amide bonds. The van der Waals surface area contributed by atoms with Crippen molar-refractivity contribution in [3.63, 3.8) is 0 Å². The average Bonchev–Trinajstić information content (AvgIpc) is 2.78. The summed E-state index contributed by atoms with van der Waals surface area (Å²) in [6.45, 7) is 6.66. The maximum Gasteiger partial charge on any atom is 0.122 e. The molecule has 0 saturated carbocycles. The van der Waals surface area contributed by atoms with Gasteiger partial charge in [-0.3, -0.25) is 4.90 Å². The molecule has 0 unspecified atom stereocenters. The topological polar surface area (TPSA) is 28.4 Å². The van der Waals surface area contributed by atoms with Crippen LogP contribution < -0.4 is 5.32 Å². The van der Waals surface area contributed by atoms with E-state index in [0.717, 1.165) is 24.8 Å². The van der Waals surface area contributed by atoms with Gasteiger partial charge in [0.25, 0.3) is 0 Å². The van der Waals surface area contributed by atoms with Crippen molar-refractivity contribution in [2.24, 2.45) is 5.92 Å². The van der Waals surface area contributed by atoms with Crippen molar-refractivity contribution < 1.29 is 4.42 Å². The number of hydrogen-bond donors (Lipinski definition) is 1. The molecule has 17 heavy (non-hydrogen) atoms. The predicted octanol–water partition coefficient (Wildman–Crippen LogP) is 2.62. The molecule has 0 radical (unpaired) electrons. The Hall–Kier alpha value is -0.800. The highest BCUT2D eigenvalue weighted by molar-refractivity contribution is 5.16. The van der Waals surface area contributed by atoms with Crippen LogP contribution in [0.5, 0.6) is 0 Å². The molecule has 1 aliphatic rings. The van der Waals surface area contributed by atoms with Crippen LogP contribution >= 0.6 is 0 Å². The fourth-order valence-corrected chi connectivity index (χ4v) is 2.62. The molecule has 0 aromatic carbocycles. The van der Waals surface area contributed by atoms with Crippen LogP contribution in [-0.4, -0.2) is 25.0 Å². The van der Waals surface area contributed by atoms with Gasteiger partial charge < -0.3 is 9.73 Å². The number of piperidine rings is 1. The molecule has 3 heteroatoms. The van der Waals surface area contributed by atoms with Crippen molar-refractivity contribution in [2.45, 2.75) is 39.3 Å². The van der Waals surface area contributed by atoms with Gasteiger partial charge in [-0.1, -0.05) is 13.3 Å². The van der Waals surface area contributed by atoms with Crippen LogP contribution in [0.1, 0.15) is 37.5 Å². The lowest BCUT2D eigenvalue weighted by Crippen LogP contribution is -2.33. The molecule has 1 aliphatic heterocycles. The molecule has 1 aromatic rings. The number of hydrogen-bond acceptors (Lipinski definition) is 3. The third kappa shape index (κ3) is 3.33. The second-order valence-electron chi connectivity index (χ2n) is 5.03. The highest BCUT2D eigenvalue weighted by atomic mass is 16.3. The minimum absolute atomic E-state index is 0.827. The van der Waals surface area contributed by atoms with E-state index >= 15 is 0 Å². The maximum atomic E-state index is 5.50.